The van der Waals surface area contributed by atoms with Crippen LogP contribution in [0.5, 0.6) is 5.75 Å². The van der Waals surface area contributed by atoms with Gasteiger partial charge < -0.3 is 20.5 Å². The van der Waals surface area contributed by atoms with Crippen LogP contribution in [0.3, 0.4) is 0 Å². The van der Waals surface area contributed by atoms with E-state index < -0.39 is 0 Å². The van der Waals surface area contributed by atoms with Crippen molar-refractivity contribution in [1.82, 2.24) is 10.6 Å². The van der Waals surface area contributed by atoms with Crippen LogP contribution in [0, 0.1) is 0 Å². The van der Waals surface area contributed by atoms with Crippen molar-refractivity contribution in [2.24, 2.45) is 0 Å². The number of para-hydroxylation sites is 1. The Morgan fingerprint density at radius 2 is 1.78 bits per heavy atom. The van der Waals surface area contributed by atoms with Crippen LogP contribution in [0.2, 0.25) is 0 Å². The van der Waals surface area contributed by atoms with Gasteiger partial charge in [0.1, 0.15) is 12.4 Å². The van der Waals surface area contributed by atoms with E-state index in [-0.39, 0.29) is 12.6 Å². The minimum atomic E-state index is -0.232. The summed E-state index contributed by atoms with van der Waals surface area (Å²) in [7, 11) is 0. The maximum Gasteiger partial charge on any atom is 0.315 e. The molecule has 0 saturated carbocycles. The van der Waals surface area contributed by atoms with Crippen molar-refractivity contribution >= 4 is 6.03 Å². The highest BCUT2D eigenvalue weighted by Crippen LogP contribution is 2.12. The van der Waals surface area contributed by atoms with Gasteiger partial charge in [0, 0.05) is 19.7 Å². The molecule has 23 heavy (non-hydrogen) atoms. The number of aliphatic hydroxyl groups is 1. The number of carbonyl (C=O) groups is 1. The fourth-order valence-electron chi connectivity index (χ4n) is 2.04. The maximum absolute atomic E-state index is 11.6. The van der Waals surface area contributed by atoms with Crippen LogP contribution in [0.15, 0.2) is 54.6 Å². The zero-order chi connectivity index (χ0) is 16.3. The molecule has 0 aliphatic heterocycles. The summed E-state index contributed by atoms with van der Waals surface area (Å²) in [6.45, 7) is 1.47. The molecule has 122 valence electrons. The SMILES string of the molecule is O=C(NCCCO)NCc1cccc(COc2ccccc2)c1. The minimum Gasteiger partial charge on any atom is -0.489 e. The molecule has 2 amide bonds. The quantitative estimate of drug-likeness (QED) is 0.656. The Kier molecular flexibility index (Phi) is 6.94. The Morgan fingerprint density at radius 3 is 2.57 bits per heavy atom. The zero-order valence-corrected chi connectivity index (χ0v) is 13.0. The number of aliphatic hydroxyl groups excluding tert-OH is 1. The van der Waals surface area contributed by atoms with Crippen LogP contribution in [-0.4, -0.2) is 24.3 Å². The number of urea groups is 1. The molecule has 0 atom stereocenters. The topological polar surface area (TPSA) is 70.6 Å². The van der Waals surface area contributed by atoms with Crippen LogP contribution in [0.4, 0.5) is 4.79 Å². The Labute approximate surface area is 136 Å². The Bertz CT molecular complexity index is 602. The van der Waals surface area contributed by atoms with E-state index >= 15 is 0 Å². The summed E-state index contributed by atoms with van der Waals surface area (Å²) in [4.78, 5) is 11.6. The third kappa shape index (κ3) is 6.40. The highest BCUT2D eigenvalue weighted by molar-refractivity contribution is 5.73. The fourth-order valence-corrected chi connectivity index (χ4v) is 2.04. The van der Waals surface area contributed by atoms with E-state index in [1.54, 1.807) is 0 Å². The molecule has 5 nitrogen and oxygen atoms in total. The second kappa shape index (κ2) is 9.48. The fraction of sp³-hybridized carbons (Fsp3) is 0.278. The van der Waals surface area contributed by atoms with Crippen LogP contribution in [0.25, 0.3) is 0 Å². The Hall–Kier alpha value is -2.53. The number of ether oxygens (including phenoxy) is 1. The average Bonchev–Trinajstić information content (AvgIpc) is 2.60. The number of rotatable bonds is 8. The van der Waals surface area contributed by atoms with Gasteiger partial charge in [0.25, 0.3) is 0 Å². The third-order valence-electron chi connectivity index (χ3n) is 3.21. The summed E-state index contributed by atoms with van der Waals surface area (Å²) in [6.07, 6.45) is 0.555. The summed E-state index contributed by atoms with van der Waals surface area (Å²) >= 11 is 0. The molecule has 2 rings (SSSR count). The minimum absolute atomic E-state index is 0.0732. The van der Waals surface area contributed by atoms with Gasteiger partial charge in [0.05, 0.1) is 0 Å². The van der Waals surface area contributed by atoms with Crippen molar-refractivity contribution in [3.05, 3.63) is 65.7 Å². The summed E-state index contributed by atoms with van der Waals surface area (Å²) in [5.41, 5.74) is 2.06. The van der Waals surface area contributed by atoms with Gasteiger partial charge in [0.2, 0.25) is 0 Å². The van der Waals surface area contributed by atoms with Crippen LogP contribution < -0.4 is 15.4 Å². The number of amides is 2. The predicted octanol–water partition coefficient (Wildman–Crippen LogP) is 2.45. The smallest absolute Gasteiger partial charge is 0.315 e. The Morgan fingerprint density at radius 1 is 1.00 bits per heavy atom. The van der Waals surface area contributed by atoms with E-state index in [0.717, 1.165) is 16.9 Å². The number of nitrogens with one attached hydrogen (secondary N) is 2. The number of hydrogen-bond donors (Lipinski definition) is 3. The van der Waals surface area contributed by atoms with Gasteiger partial charge in [-0.05, 0) is 29.7 Å². The van der Waals surface area contributed by atoms with Gasteiger partial charge in [-0.25, -0.2) is 4.79 Å². The number of hydrogen-bond acceptors (Lipinski definition) is 3. The molecule has 0 spiro atoms. The lowest BCUT2D eigenvalue weighted by atomic mass is 10.1. The first-order valence-electron chi connectivity index (χ1n) is 7.66. The van der Waals surface area contributed by atoms with Gasteiger partial charge in [-0.2, -0.15) is 0 Å². The second-order valence-electron chi connectivity index (χ2n) is 5.11. The van der Waals surface area contributed by atoms with E-state index in [0.29, 0.717) is 26.1 Å². The molecular weight excluding hydrogens is 292 g/mol. The van der Waals surface area contributed by atoms with Gasteiger partial charge in [-0.1, -0.05) is 42.5 Å². The van der Waals surface area contributed by atoms with Crippen LogP contribution >= 0.6 is 0 Å². The monoisotopic (exact) mass is 314 g/mol. The Balaban J connectivity index is 1.79. The molecule has 2 aromatic rings. The molecule has 0 unspecified atom stereocenters. The summed E-state index contributed by atoms with van der Waals surface area (Å²) in [5, 5.41) is 14.1. The van der Waals surface area contributed by atoms with E-state index in [9.17, 15) is 4.79 Å². The highest BCUT2D eigenvalue weighted by atomic mass is 16.5. The van der Waals surface area contributed by atoms with Crippen molar-refractivity contribution < 1.29 is 14.6 Å². The zero-order valence-electron chi connectivity index (χ0n) is 13.0. The third-order valence-corrected chi connectivity index (χ3v) is 3.21. The van der Waals surface area contributed by atoms with E-state index in [4.69, 9.17) is 9.84 Å². The summed E-state index contributed by atoms with van der Waals surface area (Å²) in [6, 6.07) is 17.3. The molecule has 2 aromatic carbocycles. The molecule has 0 radical (unpaired) electrons. The first-order valence-corrected chi connectivity index (χ1v) is 7.66. The molecule has 0 aromatic heterocycles. The largest absolute Gasteiger partial charge is 0.489 e. The summed E-state index contributed by atoms with van der Waals surface area (Å²) in [5.74, 6) is 0.833. The lowest BCUT2D eigenvalue weighted by molar-refractivity contribution is 0.237. The van der Waals surface area contributed by atoms with Gasteiger partial charge in [-0.15, -0.1) is 0 Å². The van der Waals surface area contributed by atoms with Crippen molar-refractivity contribution in [1.29, 1.82) is 0 Å². The lowest BCUT2D eigenvalue weighted by Crippen LogP contribution is -2.35. The van der Waals surface area contributed by atoms with E-state index in [1.807, 2.05) is 54.6 Å². The van der Waals surface area contributed by atoms with Crippen molar-refractivity contribution in [3.8, 4) is 5.75 Å². The first kappa shape index (κ1) is 16.8. The molecule has 0 aliphatic rings. The second-order valence-corrected chi connectivity index (χ2v) is 5.11. The molecule has 0 heterocycles. The molecule has 3 N–H and O–H groups in total. The molecule has 0 aliphatic carbocycles. The normalized spacial score (nSPS) is 10.1. The van der Waals surface area contributed by atoms with Gasteiger partial charge >= 0.3 is 6.03 Å². The highest BCUT2D eigenvalue weighted by Gasteiger charge is 2.01. The standard InChI is InChI=1S/C18H22N2O3/c21-11-5-10-19-18(22)20-13-15-6-4-7-16(12-15)14-23-17-8-2-1-3-9-17/h1-4,6-9,12,21H,5,10-11,13-14H2,(H2,19,20,22). The maximum atomic E-state index is 11.6. The lowest BCUT2D eigenvalue weighted by Gasteiger charge is -2.09. The van der Waals surface area contributed by atoms with Crippen molar-refractivity contribution in [2.75, 3.05) is 13.2 Å². The van der Waals surface area contributed by atoms with Gasteiger partial charge in [0.15, 0.2) is 0 Å². The molecule has 5 heteroatoms. The molecule has 0 bridgehead atoms. The summed E-state index contributed by atoms with van der Waals surface area (Å²) < 4.78 is 5.71. The van der Waals surface area contributed by atoms with Crippen molar-refractivity contribution in [2.45, 2.75) is 19.6 Å². The molecule has 0 fully saturated rings. The molecule has 0 saturated heterocycles. The van der Waals surface area contributed by atoms with Crippen molar-refractivity contribution in [3.63, 3.8) is 0 Å². The van der Waals surface area contributed by atoms with Gasteiger partial charge in [-0.3, -0.25) is 0 Å². The first-order chi connectivity index (χ1) is 11.3. The molecular formula is C18H22N2O3. The van der Waals surface area contributed by atoms with E-state index in [1.165, 1.54) is 0 Å². The number of benzene rings is 2. The average molecular weight is 314 g/mol. The number of carbonyl (C=O) groups excluding carboxylic acids is 1. The van der Waals surface area contributed by atoms with Crippen LogP contribution in [-0.2, 0) is 13.2 Å². The van der Waals surface area contributed by atoms with E-state index in [2.05, 4.69) is 10.6 Å². The predicted molar refractivity (Wildman–Crippen MR) is 89.2 cm³/mol. The van der Waals surface area contributed by atoms with Crippen LogP contribution in [0.1, 0.15) is 17.5 Å².